The largest absolute Gasteiger partial charge is 0.358 e. The fraction of sp³-hybridized carbons (Fsp3) is 0.333. The van der Waals surface area contributed by atoms with Gasteiger partial charge in [-0.2, -0.15) is 0 Å². The molecule has 0 aromatic heterocycles. The van der Waals surface area contributed by atoms with Gasteiger partial charge in [-0.1, -0.05) is 0 Å². The van der Waals surface area contributed by atoms with Crippen molar-refractivity contribution in [2.75, 3.05) is 12.4 Å². The van der Waals surface area contributed by atoms with E-state index in [1.54, 1.807) is 13.1 Å². The van der Waals surface area contributed by atoms with Gasteiger partial charge in [0.25, 0.3) is 5.91 Å². The van der Waals surface area contributed by atoms with E-state index in [-0.39, 0.29) is 11.7 Å². The topological polar surface area (TPSA) is 58.2 Å². The van der Waals surface area contributed by atoms with Crippen LogP contribution in [-0.2, 0) is 4.79 Å². The highest BCUT2D eigenvalue weighted by molar-refractivity contribution is 5.99. The molecule has 1 aliphatic carbocycles. The van der Waals surface area contributed by atoms with Gasteiger partial charge in [0.05, 0.1) is 0 Å². The number of carbonyl (C=O) groups is 2. The van der Waals surface area contributed by atoms with Crippen LogP contribution in [0.4, 0.5) is 5.69 Å². The molecule has 100 valence electrons. The molecule has 0 saturated heterocycles. The molecule has 0 bridgehead atoms. The molecule has 19 heavy (non-hydrogen) atoms. The predicted octanol–water partition coefficient (Wildman–Crippen LogP) is 2.40. The Hall–Kier alpha value is -2.10. The van der Waals surface area contributed by atoms with Crippen LogP contribution in [0.2, 0.25) is 0 Å². The second kappa shape index (κ2) is 5.26. The van der Waals surface area contributed by atoms with Crippen molar-refractivity contribution >= 4 is 17.4 Å². The smallest absolute Gasteiger partial charge is 0.251 e. The molecule has 0 unspecified atom stereocenters. The summed E-state index contributed by atoms with van der Waals surface area (Å²) in [5.41, 5.74) is 4.37. The second-order valence-corrected chi connectivity index (χ2v) is 4.76. The van der Waals surface area contributed by atoms with Gasteiger partial charge >= 0.3 is 0 Å². The Morgan fingerprint density at radius 3 is 2.47 bits per heavy atom. The van der Waals surface area contributed by atoms with Crippen molar-refractivity contribution in [3.8, 4) is 0 Å². The number of benzene rings is 1. The minimum Gasteiger partial charge on any atom is -0.358 e. The second-order valence-electron chi connectivity index (χ2n) is 4.76. The lowest BCUT2D eigenvalue weighted by Crippen LogP contribution is -2.17. The van der Waals surface area contributed by atoms with Crippen LogP contribution in [0.5, 0.6) is 0 Å². The Kier molecular flexibility index (Phi) is 3.69. The van der Waals surface area contributed by atoms with Gasteiger partial charge in [0.1, 0.15) is 0 Å². The average Bonchev–Trinajstić information content (AvgIpc) is 2.72. The first-order valence-corrected chi connectivity index (χ1v) is 6.35. The number of hydrogen-bond acceptors (Lipinski definition) is 3. The Labute approximate surface area is 112 Å². The van der Waals surface area contributed by atoms with E-state index in [1.807, 2.05) is 26.0 Å². The van der Waals surface area contributed by atoms with Gasteiger partial charge in [-0.3, -0.25) is 9.59 Å². The molecule has 0 fully saturated rings. The highest BCUT2D eigenvalue weighted by atomic mass is 16.1. The molecular formula is C15H18N2O2. The van der Waals surface area contributed by atoms with Crippen molar-refractivity contribution in [2.24, 2.45) is 0 Å². The van der Waals surface area contributed by atoms with Crippen LogP contribution in [0.3, 0.4) is 0 Å². The third-order valence-electron chi connectivity index (χ3n) is 3.47. The fourth-order valence-electron chi connectivity index (χ4n) is 2.19. The molecule has 2 rings (SSSR count). The molecule has 0 aliphatic heterocycles. The number of Topliss-reactive ketones (excluding diaryl/α,β-unsaturated/α-hetero) is 1. The normalized spacial score (nSPS) is 14.8. The predicted molar refractivity (Wildman–Crippen MR) is 75.1 cm³/mol. The van der Waals surface area contributed by atoms with E-state index in [0.29, 0.717) is 12.0 Å². The van der Waals surface area contributed by atoms with Gasteiger partial charge in [0.2, 0.25) is 0 Å². The van der Waals surface area contributed by atoms with Gasteiger partial charge in [0.15, 0.2) is 5.78 Å². The van der Waals surface area contributed by atoms with Crippen molar-refractivity contribution in [2.45, 2.75) is 26.7 Å². The van der Waals surface area contributed by atoms with Crippen molar-refractivity contribution in [3.05, 3.63) is 40.6 Å². The van der Waals surface area contributed by atoms with E-state index in [4.69, 9.17) is 0 Å². The van der Waals surface area contributed by atoms with Crippen LogP contribution < -0.4 is 10.6 Å². The van der Waals surface area contributed by atoms with Gasteiger partial charge in [-0.05, 0) is 44.0 Å². The number of amides is 1. The van der Waals surface area contributed by atoms with Gasteiger partial charge in [0, 0.05) is 36.0 Å². The molecule has 1 aromatic carbocycles. The lowest BCUT2D eigenvalue weighted by Gasteiger charge is -2.12. The third kappa shape index (κ3) is 2.67. The van der Waals surface area contributed by atoms with E-state index in [2.05, 4.69) is 10.6 Å². The SMILES string of the molecule is CNC(=O)c1ccc(NC2=C(C)C(=O)CC2)c(C)c1. The summed E-state index contributed by atoms with van der Waals surface area (Å²) in [6.07, 6.45) is 1.35. The summed E-state index contributed by atoms with van der Waals surface area (Å²) in [6, 6.07) is 5.50. The first kappa shape index (κ1) is 13.3. The lowest BCUT2D eigenvalue weighted by atomic mass is 10.1. The molecule has 0 heterocycles. The number of carbonyl (C=O) groups excluding carboxylic acids is 2. The van der Waals surface area contributed by atoms with Crippen molar-refractivity contribution in [1.82, 2.24) is 5.32 Å². The number of aryl methyl sites for hydroxylation is 1. The number of ketones is 1. The van der Waals surface area contributed by atoms with Gasteiger partial charge in [-0.25, -0.2) is 0 Å². The standard InChI is InChI=1S/C15H18N2O2/c1-9-8-11(15(19)16-3)4-5-12(9)17-13-6-7-14(18)10(13)2/h4-5,8,17H,6-7H2,1-3H3,(H,16,19). The summed E-state index contributed by atoms with van der Waals surface area (Å²) in [7, 11) is 1.61. The van der Waals surface area contributed by atoms with Gasteiger partial charge < -0.3 is 10.6 Å². The van der Waals surface area contributed by atoms with Crippen molar-refractivity contribution in [1.29, 1.82) is 0 Å². The molecule has 4 heteroatoms. The highest BCUT2D eigenvalue weighted by Gasteiger charge is 2.19. The molecule has 0 spiro atoms. The van der Waals surface area contributed by atoms with Crippen LogP contribution in [-0.4, -0.2) is 18.7 Å². The molecule has 2 N–H and O–H groups in total. The number of anilines is 1. The first-order valence-electron chi connectivity index (χ1n) is 6.35. The van der Waals surface area contributed by atoms with E-state index in [0.717, 1.165) is 28.9 Å². The van der Waals surface area contributed by atoms with E-state index in [9.17, 15) is 9.59 Å². The summed E-state index contributed by atoms with van der Waals surface area (Å²) in [5, 5.41) is 5.90. The zero-order valence-electron chi connectivity index (χ0n) is 11.5. The summed E-state index contributed by atoms with van der Waals surface area (Å²) >= 11 is 0. The van der Waals surface area contributed by atoms with Crippen LogP contribution in [0.15, 0.2) is 29.5 Å². The maximum atomic E-state index is 11.5. The van der Waals surface area contributed by atoms with E-state index in [1.165, 1.54) is 0 Å². The number of hydrogen-bond donors (Lipinski definition) is 2. The molecule has 0 radical (unpaired) electrons. The van der Waals surface area contributed by atoms with Crippen LogP contribution in [0.25, 0.3) is 0 Å². The minimum absolute atomic E-state index is 0.0962. The average molecular weight is 258 g/mol. The lowest BCUT2D eigenvalue weighted by molar-refractivity contribution is -0.114. The Bertz CT molecular complexity index is 574. The molecule has 0 saturated carbocycles. The van der Waals surface area contributed by atoms with Crippen molar-refractivity contribution < 1.29 is 9.59 Å². The Morgan fingerprint density at radius 1 is 1.21 bits per heavy atom. The van der Waals surface area contributed by atoms with E-state index < -0.39 is 0 Å². The van der Waals surface area contributed by atoms with Crippen LogP contribution in [0.1, 0.15) is 35.7 Å². The quantitative estimate of drug-likeness (QED) is 0.875. The highest BCUT2D eigenvalue weighted by Crippen LogP contribution is 2.26. The zero-order valence-corrected chi connectivity index (χ0v) is 11.5. The van der Waals surface area contributed by atoms with Crippen molar-refractivity contribution in [3.63, 3.8) is 0 Å². The van der Waals surface area contributed by atoms with Crippen LogP contribution >= 0.6 is 0 Å². The zero-order chi connectivity index (χ0) is 14.0. The molecule has 4 nitrogen and oxygen atoms in total. The first-order chi connectivity index (χ1) is 9.02. The van der Waals surface area contributed by atoms with Gasteiger partial charge in [-0.15, -0.1) is 0 Å². The summed E-state index contributed by atoms with van der Waals surface area (Å²) in [6.45, 7) is 3.80. The molecule has 1 aliphatic rings. The maximum Gasteiger partial charge on any atom is 0.251 e. The minimum atomic E-state index is -0.0962. The fourth-order valence-corrected chi connectivity index (χ4v) is 2.19. The van der Waals surface area contributed by atoms with E-state index >= 15 is 0 Å². The molecule has 1 amide bonds. The summed E-state index contributed by atoms with van der Waals surface area (Å²) < 4.78 is 0. The Morgan fingerprint density at radius 2 is 1.95 bits per heavy atom. The van der Waals surface area contributed by atoms with Crippen LogP contribution in [0, 0.1) is 6.92 Å². The number of nitrogens with one attached hydrogen (secondary N) is 2. The Balaban J connectivity index is 2.23. The number of rotatable bonds is 3. The third-order valence-corrected chi connectivity index (χ3v) is 3.47. The maximum absolute atomic E-state index is 11.5. The molecule has 0 atom stereocenters. The molecular weight excluding hydrogens is 240 g/mol. The number of allylic oxidation sites excluding steroid dienone is 2. The summed E-state index contributed by atoms with van der Waals surface area (Å²) in [5.74, 6) is 0.114. The molecule has 1 aromatic rings. The monoisotopic (exact) mass is 258 g/mol. The summed E-state index contributed by atoms with van der Waals surface area (Å²) in [4.78, 5) is 23.0.